The summed E-state index contributed by atoms with van der Waals surface area (Å²) in [5.74, 6) is -1.20. The Bertz CT molecular complexity index is 1250. The Morgan fingerprint density at radius 3 is 2.47 bits per heavy atom. The molecule has 4 rings (SSSR count). The van der Waals surface area contributed by atoms with E-state index in [-0.39, 0.29) is 22.9 Å². The molecule has 1 aliphatic heterocycles. The van der Waals surface area contributed by atoms with Gasteiger partial charge in [-0.2, -0.15) is 0 Å². The number of nitrogens with one attached hydrogen (secondary N) is 1. The molecule has 0 spiro atoms. The zero-order valence-electron chi connectivity index (χ0n) is 17.5. The molecule has 3 amide bonds. The molecule has 1 fully saturated rings. The Balaban J connectivity index is 1.56. The molecule has 2 heterocycles. The van der Waals surface area contributed by atoms with Gasteiger partial charge >= 0.3 is 0 Å². The summed E-state index contributed by atoms with van der Waals surface area (Å²) in [5, 5.41) is -0.448. The molecule has 3 aromatic rings. The van der Waals surface area contributed by atoms with E-state index in [9.17, 15) is 18.8 Å². The summed E-state index contributed by atoms with van der Waals surface area (Å²) in [7, 11) is 0. The maximum atomic E-state index is 14.0. The summed E-state index contributed by atoms with van der Waals surface area (Å²) >= 11 is 0.816. The summed E-state index contributed by atoms with van der Waals surface area (Å²) in [6.45, 7) is 3.52. The van der Waals surface area contributed by atoms with E-state index in [0.29, 0.717) is 16.8 Å². The van der Waals surface area contributed by atoms with Crippen LogP contribution in [0.1, 0.15) is 32.9 Å². The van der Waals surface area contributed by atoms with Gasteiger partial charge in [-0.05, 0) is 61.5 Å². The largest absolute Gasteiger partial charge is 0.293 e. The number of carbonyl (C=O) groups excluding carboxylic acids is 3. The van der Waals surface area contributed by atoms with Crippen molar-refractivity contribution in [1.82, 2.24) is 9.58 Å². The molecule has 2 aromatic carbocycles. The zero-order chi connectivity index (χ0) is 22.8. The minimum Gasteiger partial charge on any atom is -0.268 e. The Hall–Kier alpha value is -3.65. The first-order valence-electron chi connectivity index (χ1n) is 9.89. The van der Waals surface area contributed by atoms with Crippen LogP contribution in [0.2, 0.25) is 0 Å². The molecule has 32 heavy (non-hydrogen) atoms. The quantitative estimate of drug-likeness (QED) is 0.565. The second-order valence-electron chi connectivity index (χ2n) is 7.33. The second-order valence-corrected chi connectivity index (χ2v) is 8.32. The van der Waals surface area contributed by atoms with Crippen LogP contribution in [0.25, 0.3) is 6.08 Å². The van der Waals surface area contributed by atoms with Crippen molar-refractivity contribution in [3.05, 3.63) is 99.5 Å². The maximum Gasteiger partial charge on any atom is 0.293 e. The molecular weight excluding hydrogens is 429 g/mol. The fourth-order valence-corrected chi connectivity index (χ4v) is 4.27. The number of amides is 3. The SMILES string of the molecule is Cc1cc(/C=C2\SC(=O)N(Cc3ccccc3F)C2=O)c(C)n1NC(=O)c1ccccc1. The van der Waals surface area contributed by atoms with E-state index in [2.05, 4.69) is 5.43 Å². The van der Waals surface area contributed by atoms with Crippen molar-refractivity contribution in [3.63, 3.8) is 0 Å². The number of hydrogen-bond donors (Lipinski definition) is 1. The van der Waals surface area contributed by atoms with Gasteiger partial charge in [-0.3, -0.25) is 29.4 Å². The Labute approximate surface area is 188 Å². The van der Waals surface area contributed by atoms with Crippen molar-refractivity contribution in [1.29, 1.82) is 0 Å². The number of benzene rings is 2. The fourth-order valence-electron chi connectivity index (χ4n) is 3.44. The monoisotopic (exact) mass is 449 g/mol. The highest BCUT2D eigenvalue weighted by Crippen LogP contribution is 2.34. The van der Waals surface area contributed by atoms with E-state index < -0.39 is 17.0 Å². The molecule has 162 valence electrons. The van der Waals surface area contributed by atoms with Gasteiger partial charge in [0, 0.05) is 22.5 Å². The number of imide groups is 1. The third-order valence-electron chi connectivity index (χ3n) is 5.17. The maximum absolute atomic E-state index is 14.0. The lowest BCUT2D eigenvalue weighted by molar-refractivity contribution is -0.123. The third kappa shape index (κ3) is 4.22. The van der Waals surface area contributed by atoms with Crippen molar-refractivity contribution < 1.29 is 18.8 Å². The molecule has 1 saturated heterocycles. The predicted octanol–water partition coefficient (Wildman–Crippen LogP) is 4.86. The van der Waals surface area contributed by atoms with Gasteiger partial charge in [0.1, 0.15) is 5.82 Å². The van der Waals surface area contributed by atoms with Crippen molar-refractivity contribution in [2.45, 2.75) is 20.4 Å². The number of hydrogen-bond acceptors (Lipinski definition) is 4. The topological polar surface area (TPSA) is 71.4 Å². The lowest BCUT2D eigenvalue weighted by Gasteiger charge is -2.13. The van der Waals surface area contributed by atoms with Crippen LogP contribution in [0, 0.1) is 19.7 Å². The second kappa shape index (κ2) is 8.84. The van der Waals surface area contributed by atoms with Crippen LogP contribution in [0.4, 0.5) is 9.18 Å². The molecule has 1 aromatic heterocycles. The summed E-state index contributed by atoms with van der Waals surface area (Å²) in [4.78, 5) is 39.0. The van der Waals surface area contributed by atoms with Gasteiger partial charge in [0.05, 0.1) is 11.4 Å². The number of nitrogens with zero attached hydrogens (tertiary/aromatic N) is 2. The highest BCUT2D eigenvalue weighted by Gasteiger charge is 2.35. The Kier molecular flexibility index (Phi) is 5.96. The van der Waals surface area contributed by atoms with Crippen LogP contribution >= 0.6 is 11.8 Å². The predicted molar refractivity (Wildman–Crippen MR) is 122 cm³/mol. The number of aromatic nitrogens is 1. The minimum atomic E-state index is -0.471. The molecule has 6 nitrogen and oxygen atoms in total. The number of aryl methyl sites for hydroxylation is 1. The van der Waals surface area contributed by atoms with Gasteiger partial charge in [0.15, 0.2) is 0 Å². The molecule has 0 aliphatic carbocycles. The van der Waals surface area contributed by atoms with Crippen molar-refractivity contribution in [2.75, 3.05) is 5.43 Å². The number of thioether (sulfide) groups is 1. The highest BCUT2D eigenvalue weighted by molar-refractivity contribution is 8.18. The first kappa shape index (κ1) is 21.6. The van der Waals surface area contributed by atoms with Crippen LogP contribution in [-0.2, 0) is 11.3 Å². The normalized spacial score (nSPS) is 15.0. The minimum absolute atomic E-state index is 0.124. The lowest BCUT2D eigenvalue weighted by atomic mass is 10.2. The van der Waals surface area contributed by atoms with Crippen LogP contribution in [-0.4, -0.2) is 26.6 Å². The molecule has 1 aliphatic rings. The fraction of sp³-hybridized carbons (Fsp3) is 0.125. The number of carbonyl (C=O) groups is 3. The third-order valence-corrected chi connectivity index (χ3v) is 6.07. The van der Waals surface area contributed by atoms with Gasteiger partial charge < -0.3 is 0 Å². The van der Waals surface area contributed by atoms with Gasteiger partial charge in [0.25, 0.3) is 17.1 Å². The molecule has 0 unspecified atom stereocenters. The van der Waals surface area contributed by atoms with E-state index in [1.807, 2.05) is 26.0 Å². The molecule has 8 heteroatoms. The summed E-state index contributed by atoms with van der Waals surface area (Å²) < 4.78 is 15.6. The van der Waals surface area contributed by atoms with Crippen LogP contribution in [0.5, 0.6) is 0 Å². The van der Waals surface area contributed by atoms with Crippen molar-refractivity contribution in [3.8, 4) is 0 Å². The van der Waals surface area contributed by atoms with Crippen LogP contribution in [0.15, 0.2) is 65.6 Å². The average Bonchev–Trinajstić information content (AvgIpc) is 3.20. The first-order chi connectivity index (χ1) is 15.3. The van der Waals surface area contributed by atoms with E-state index in [0.717, 1.165) is 22.4 Å². The first-order valence-corrected chi connectivity index (χ1v) is 10.7. The Morgan fingerprint density at radius 1 is 1.06 bits per heavy atom. The molecule has 0 atom stereocenters. The zero-order valence-corrected chi connectivity index (χ0v) is 18.3. The Morgan fingerprint density at radius 2 is 1.75 bits per heavy atom. The van der Waals surface area contributed by atoms with E-state index >= 15 is 0 Å². The summed E-state index contributed by atoms with van der Waals surface area (Å²) in [5.41, 5.74) is 5.83. The highest BCUT2D eigenvalue weighted by atomic mass is 32.2. The molecule has 0 bridgehead atoms. The van der Waals surface area contributed by atoms with E-state index in [4.69, 9.17) is 0 Å². The average molecular weight is 450 g/mol. The summed E-state index contributed by atoms with van der Waals surface area (Å²) in [6.07, 6.45) is 1.62. The molecular formula is C24H20FN3O3S. The summed E-state index contributed by atoms with van der Waals surface area (Å²) in [6, 6.07) is 16.7. The van der Waals surface area contributed by atoms with E-state index in [1.165, 1.54) is 6.07 Å². The van der Waals surface area contributed by atoms with Gasteiger partial charge in [-0.25, -0.2) is 4.39 Å². The molecule has 1 N–H and O–H groups in total. The molecule has 0 radical (unpaired) electrons. The van der Waals surface area contributed by atoms with Crippen LogP contribution < -0.4 is 5.43 Å². The smallest absolute Gasteiger partial charge is 0.268 e. The van der Waals surface area contributed by atoms with Gasteiger partial charge in [-0.15, -0.1) is 0 Å². The van der Waals surface area contributed by atoms with Gasteiger partial charge in [0.2, 0.25) is 0 Å². The van der Waals surface area contributed by atoms with Crippen LogP contribution in [0.3, 0.4) is 0 Å². The lowest BCUT2D eigenvalue weighted by Crippen LogP contribution is -2.27. The molecule has 0 saturated carbocycles. The van der Waals surface area contributed by atoms with Crippen molar-refractivity contribution in [2.24, 2.45) is 0 Å². The number of rotatable bonds is 5. The van der Waals surface area contributed by atoms with Gasteiger partial charge in [-0.1, -0.05) is 36.4 Å². The standard InChI is InChI=1S/C24H20FN3O3S/c1-15-12-19(16(2)28(15)26-22(29)17-8-4-3-5-9-17)13-21-23(30)27(24(31)32-21)14-18-10-6-7-11-20(18)25/h3-13H,14H2,1-2H3,(H,26,29)/b21-13-. The van der Waals surface area contributed by atoms with Crippen molar-refractivity contribution >= 4 is 34.9 Å². The van der Waals surface area contributed by atoms with E-state index in [1.54, 1.807) is 53.2 Å². The number of halogens is 1.